The third kappa shape index (κ3) is 2.29. The molecule has 0 unspecified atom stereocenters. The van der Waals surface area contributed by atoms with Crippen molar-refractivity contribution in [2.24, 2.45) is 0 Å². The second-order valence-electron chi connectivity index (χ2n) is 5.80. The fraction of sp³-hybridized carbons (Fsp3) is 0.0526. The van der Waals surface area contributed by atoms with Crippen LogP contribution < -0.4 is 5.73 Å². The summed E-state index contributed by atoms with van der Waals surface area (Å²) in [7, 11) is 0. The maximum atomic E-state index is 12.9. The predicted molar refractivity (Wildman–Crippen MR) is 96.7 cm³/mol. The van der Waals surface area contributed by atoms with Gasteiger partial charge in [-0.1, -0.05) is 40.2 Å². The molecule has 3 aromatic rings. The number of nitrogens with two attached hydrogens (primary N) is 1. The number of amides is 2. The Bertz CT molecular complexity index is 996. The lowest BCUT2D eigenvalue weighted by atomic mass is 9.94. The Hall–Kier alpha value is -2.66. The summed E-state index contributed by atoms with van der Waals surface area (Å²) in [4.78, 5) is 27.0. The van der Waals surface area contributed by atoms with Gasteiger partial charge in [-0.2, -0.15) is 0 Å². The Kier molecular flexibility index (Phi) is 3.39. The van der Waals surface area contributed by atoms with Crippen molar-refractivity contribution in [3.63, 3.8) is 0 Å². The van der Waals surface area contributed by atoms with E-state index in [0.717, 1.165) is 20.8 Å². The van der Waals surface area contributed by atoms with Crippen LogP contribution in [0.5, 0.6) is 0 Å². The average Bonchev–Trinajstić information content (AvgIpc) is 2.57. The second-order valence-corrected chi connectivity index (χ2v) is 6.71. The van der Waals surface area contributed by atoms with Crippen LogP contribution in [0, 0.1) is 0 Å². The largest absolute Gasteiger partial charge is 0.399 e. The van der Waals surface area contributed by atoms with Gasteiger partial charge in [0.15, 0.2) is 0 Å². The first-order valence-corrected chi connectivity index (χ1v) is 8.27. The monoisotopic (exact) mass is 380 g/mol. The molecule has 0 bridgehead atoms. The number of halogens is 1. The molecule has 3 aromatic carbocycles. The van der Waals surface area contributed by atoms with Crippen LogP contribution in [0.15, 0.2) is 59.1 Å². The number of imide groups is 1. The van der Waals surface area contributed by atoms with Crippen molar-refractivity contribution in [3.05, 3.63) is 75.8 Å². The fourth-order valence-corrected chi connectivity index (χ4v) is 3.55. The summed E-state index contributed by atoms with van der Waals surface area (Å²) < 4.78 is 0.817. The van der Waals surface area contributed by atoms with E-state index < -0.39 is 0 Å². The zero-order chi connectivity index (χ0) is 16.8. The number of hydrogen-bond donors (Lipinski definition) is 1. The first-order valence-electron chi connectivity index (χ1n) is 7.47. The third-order valence-electron chi connectivity index (χ3n) is 4.21. The average molecular weight is 381 g/mol. The van der Waals surface area contributed by atoms with Gasteiger partial charge < -0.3 is 5.73 Å². The van der Waals surface area contributed by atoms with E-state index >= 15 is 0 Å². The summed E-state index contributed by atoms with van der Waals surface area (Å²) in [5.41, 5.74) is 8.30. The van der Waals surface area contributed by atoms with Gasteiger partial charge in [-0.3, -0.25) is 14.5 Å². The van der Waals surface area contributed by atoms with Crippen LogP contribution in [0.25, 0.3) is 10.8 Å². The molecule has 2 N–H and O–H groups in total. The minimum absolute atomic E-state index is 0.223. The standard InChI is InChI=1S/C19H13BrN2O2/c20-13-8-12-2-1-3-15-17(12)16(9-13)19(24)22(18(15)23)10-11-4-6-14(21)7-5-11/h1-9H,10,21H2. The van der Waals surface area contributed by atoms with Gasteiger partial charge >= 0.3 is 0 Å². The summed E-state index contributed by atoms with van der Waals surface area (Å²) in [6, 6.07) is 16.4. The Labute approximate surface area is 147 Å². The summed E-state index contributed by atoms with van der Waals surface area (Å²) in [5, 5.41) is 1.61. The Balaban J connectivity index is 1.83. The molecule has 118 valence electrons. The lowest BCUT2D eigenvalue weighted by molar-refractivity contribution is 0.0598. The predicted octanol–water partition coefficient (Wildman–Crippen LogP) is 3.98. The first kappa shape index (κ1) is 14.9. The molecule has 24 heavy (non-hydrogen) atoms. The molecule has 0 aliphatic carbocycles. The van der Waals surface area contributed by atoms with E-state index in [9.17, 15) is 9.59 Å². The van der Waals surface area contributed by atoms with Crippen LogP contribution >= 0.6 is 15.9 Å². The van der Waals surface area contributed by atoms with Crippen molar-refractivity contribution >= 4 is 44.2 Å². The minimum Gasteiger partial charge on any atom is -0.399 e. The molecule has 0 atom stereocenters. The Morgan fingerprint density at radius 1 is 0.917 bits per heavy atom. The summed E-state index contributed by atoms with van der Waals surface area (Å²) in [6.45, 7) is 0.223. The normalized spacial score (nSPS) is 13.6. The van der Waals surface area contributed by atoms with Crippen molar-refractivity contribution in [3.8, 4) is 0 Å². The van der Waals surface area contributed by atoms with Crippen LogP contribution in [0.4, 0.5) is 5.69 Å². The molecule has 1 aliphatic rings. The lowest BCUT2D eigenvalue weighted by Crippen LogP contribution is -2.39. The van der Waals surface area contributed by atoms with Crippen molar-refractivity contribution in [1.82, 2.24) is 4.90 Å². The van der Waals surface area contributed by atoms with Gasteiger partial charge in [-0.05, 0) is 41.3 Å². The van der Waals surface area contributed by atoms with Crippen LogP contribution in [-0.2, 0) is 6.54 Å². The number of nitrogen functional groups attached to an aromatic ring is 1. The number of rotatable bonds is 2. The van der Waals surface area contributed by atoms with Crippen LogP contribution in [0.3, 0.4) is 0 Å². The number of anilines is 1. The molecule has 0 radical (unpaired) electrons. The molecular weight excluding hydrogens is 368 g/mol. The third-order valence-corrected chi connectivity index (χ3v) is 4.67. The molecule has 0 saturated heterocycles. The van der Waals surface area contributed by atoms with Gasteiger partial charge in [0.25, 0.3) is 11.8 Å². The van der Waals surface area contributed by atoms with E-state index in [1.807, 2.05) is 30.3 Å². The Morgan fingerprint density at radius 3 is 2.38 bits per heavy atom. The highest BCUT2D eigenvalue weighted by Crippen LogP contribution is 2.33. The zero-order valence-corrected chi connectivity index (χ0v) is 14.2. The second kappa shape index (κ2) is 5.46. The van der Waals surface area contributed by atoms with Gasteiger partial charge in [-0.25, -0.2) is 0 Å². The fourth-order valence-electron chi connectivity index (χ4n) is 3.07. The quantitative estimate of drug-likeness (QED) is 0.540. The summed E-state index contributed by atoms with van der Waals surface area (Å²) in [6.07, 6.45) is 0. The van der Waals surface area contributed by atoms with Gasteiger partial charge in [0.05, 0.1) is 6.54 Å². The van der Waals surface area contributed by atoms with E-state index in [1.54, 1.807) is 24.3 Å². The van der Waals surface area contributed by atoms with E-state index in [1.165, 1.54) is 4.90 Å². The summed E-state index contributed by atoms with van der Waals surface area (Å²) >= 11 is 3.44. The molecular formula is C19H13BrN2O2. The van der Waals surface area contributed by atoms with Crippen LogP contribution in [0.1, 0.15) is 26.3 Å². The van der Waals surface area contributed by atoms with Crippen molar-refractivity contribution in [1.29, 1.82) is 0 Å². The smallest absolute Gasteiger partial charge is 0.261 e. The molecule has 1 heterocycles. The zero-order valence-electron chi connectivity index (χ0n) is 12.6. The summed E-state index contributed by atoms with van der Waals surface area (Å²) in [5.74, 6) is -0.543. The maximum absolute atomic E-state index is 12.9. The lowest BCUT2D eigenvalue weighted by Gasteiger charge is -2.27. The van der Waals surface area contributed by atoms with Crippen LogP contribution in [-0.4, -0.2) is 16.7 Å². The highest BCUT2D eigenvalue weighted by atomic mass is 79.9. The van der Waals surface area contributed by atoms with E-state index in [-0.39, 0.29) is 18.4 Å². The molecule has 2 amide bonds. The topological polar surface area (TPSA) is 63.4 Å². The molecule has 0 aromatic heterocycles. The number of benzene rings is 3. The molecule has 0 fully saturated rings. The molecule has 0 spiro atoms. The van der Waals surface area contributed by atoms with Gasteiger partial charge in [0.1, 0.15) is 0 Å². The molecule has 1 aliphatic heterocycles. The SMILES string of the molecule is Nc1ccc(CN2C(=O)c3cccc4cc(Br)cc(c34)C2=O)cc1. The van der Waals surface area contributed by atoms with Gasteiger partial charge in [0, 0.05) is 26.7 Å². The molecule has 5 heteroatoms. The van der Waals surface area contributed by atoms with Crippen molar-refractivity contribution in [2.75, 3.05) is 5.73 Å². The highest BCUT2D eigenvalue weighted by molar-refractivity contribution is 9.10. The highest BCUT2D eigenvalue weighted by Gasteiger charge is 2.32. The van der Waals surface area contributed by atoms with Crippen LogP contribution in [0.2, 0.25) is 0 Å². The van der Waals surface area contributed by atoms with Crippen molar-refractivity contribution < 1.29 is 9.59 Å². The van der Waals surface area contributed by atoms with E-state index in [0.29, 0.717) is 16.8 Å². The first-order chi connectivity index (χ1) is 11.5. The van der Waals surface area contributed by atoms with Gasteiger partial charge in [-0.15, -0.1) is 0 Å². The van der Waals surface area contributed by atoms with E-state index in [4.69, 9.17) is 5.73 Å². The van der Waals surface area contributed by atoms with Gasteiger partial charge in [0.2, 0.25) is 0 Å². The number of carbonyl (C=O) groups is 2. The number of hydrogen-bond acceptors (Lipinski definition) is 3. The molecule has 0 saturated carbocycles. The maximum Gasteiger partial charge on any atom is 0.261 e. The number of nitrogens with zero attached hydrogens (tertiary/aromatic N) is 1. The van der Waals surface area contributed by atoms with E-state index in [2.05, 4.69) is 15.9 Å². The molecule has 4 nitrogen and oxygen atoms in total. The Morgan fingerprint density at radius 2 is 1.62 bits per heavy atom. The minimum atomic E-state index is -0.276. The van der Waals surface area contributed by atoms with Crippen molar-refractivity contribution in [2.45, 2.75) is 6.54 Å². The number of carbonyl (C=O) groups excluding carboxylic acids is 2. The molecule has 4 rings (SSSR count).